The first-order valence-corrected chi connectivity index (χ1v) is 9.80. The maximum absolute atomic E-state index is 5.74. The van der Waals surface area contributed by atoms with Crippen molar-refractivity contribution < 1.29 is 9.47 Å². The Labute approximate surface area is 144 Å². The summed E-state index contributed by atoms with van der Waals surface area (Å²) < 4.78 is 11.3. The van der Waals surface area contributed by atoms with E-state index in [-0.39, 0.29) is 6.29 Å². The molecule has 0 saturated carbocycles. The first kappa shape index (κ1) is 20.3. The summed E-state index contributed by atoms with van der Waals surface area (Å²) in [7, 11) is 0. The number of rotatable bonds is 12. The van der Waals surface area contributed by atoms with Crippen LogP contribution in [0.5, 0.6) is 0 Å². The third kappa shape index (κ3) is 13.4. The summed E-state index contributed by atoms with van der Waals surface area (Å²) in [6.45, 7) is 3.96. The van der Waals surface area contributed by atoms with Crippen LogP contribution in [0.4, 0.5) is 0 Å². The van der Waals surface area contributed by atoms with Crippen molar-refractivity contribution in [2.75, 3.05) is 13.2 Å². The van der Waals surface area contributed by atoms with Crippen molar-refractivity contribution in [3.8, 4) is 11.8 Å². The topological polar surface area (TPSA) is 18.5 Å². The van der Waals surface area contributed by atoms with Gasteiger partial charge in [-0.3, -0.25) is 0 Å². The third-order valence-corrected chi connectivity index (χ3v) is 4.17. The summed E-state index contributed by atoms with van der Waals surface area (Å²) in [6.07, 6.45) is 20.2. The molecule has 0 spiro atoms. The van der Waals surface area contributed by atoms with E-state index >= 15 is 0 Å². The van der Waals surface area contributed by atoms with E-state index in [2.05, 4.69) is 24.8 Å². The molecule has 0 aromatic carbocycles. The van der Waals surface area contributed by atoms with Crippen LogP contribution in [0.25, 0.3) is 0 Å². The molecule has 1 saturated heterocycles. The molecule has 0 radical (unpaired) electrons. The summed E-state index contributed by atoms with van der Waals surface area (Å²) in [4.78, 5) is 0. The van der Waals surface area contributed by atoms with Crippen molar-refractivity contribution in [2.45, 2.75) is 96.7 Å². The molecule has 132 valence electrons. The number of hydrogen-bond acceptors (Lipinski definition) is 2. The highest BCUT2D eigenvalue weighted by molar-refractivity contribution is 5.14. The molecule has 1 rings (SSSR count). The molecule has 0 N–H and O–H groups in total. The molecule has 23 heavy (non-hydrogen) atoms. The molecule has 1 heterocycles. The largest absolute Gasteiger partial charge is 0.353 e. The maximum atomic E-state index is 5.74. The lowest BCUT2D eigenvalue weighted by Crippen LogP contribution is -2.22. The van der Waals surface area contributed by atoms with Crippen LogP contribution < -0.4 is 0 Å². The fourth-order valence-electron chi connectivity index (χ4n) is 2.68. The first-order valence-electron chi connectivity index (χ1n) is 9.80. The van der Waals surface area contributed by atoms with Crippen molar-refractivity contribution in [1.82, 2.24) is 0 Å². The van der Waals surface area contributed by atoms with E-state index in [4.69, 9.17) is 9.47 Å². The Bertz CT molecular complexity index is 331. The average Bonchev–Trinajstić information content (AvgIpc) is 2.59. The van der Waals surface area contributed by atoms with Crippen molar-refractivity contribution in [3.05, 3.63) is 12.2 Å². The van der Waals surface area contributed by atoms with Crippen LogP contribution in [-0.2, 0) is 9.47 Å². The number of hydrogen-bond donors (Lipinski definition) is 0. The Kier molecular flexibility index (Phi) is 14.2. The smallest absolute Gasteiger partial charge is 0.157 e. The lowest BCUT2D eigenvalue weighted by Gasteiger charge is -2.22. The Hall–Kier alpha value is -0.780. The molecule has 0 aromatic heterocycles. The van der Waals surface area contributed by atoms with E-state index in [1.165, 1.54) is 70.6 Å². The summed E-state index contributed by atoms with van der Waals surface area (Å²) >= 11 is 0. The molecule has 1 aliphatic rings. The zero-order valence-corrected chi connectivity index (χ0v) is 15.2. The van der Waals surface area contributed by atoms with Gasteiger partial charge in [0, 0.05) is 19.6 Å². The van der Waals surface area contributed by atoms with Crippen LogP contribution in [0.3, 0.4) is 0 Å². The minimum atomic E-state index is 0.0818. The third-order valence-electron chi connectivity index (χ3n) is 4.17. The molecule has 0 amide bonds. The van der Waals surface area contributed by atoms with Gasteiger partial charge < -0.3 is 9.47 Å². The van der Waals surface area contributed by atoms with Gasteiger partial charge in [-0.15, -0.1) is 0 Å². The molecule has 0 bridgehead atoms. The van der Waals surface area contributed by atoms with Crippen molar-refractivity contribution in [3.63, 3.8) is 0 Å². The normalized spacial score (nSPS) is 18.0. The van der Waals surface area contributed by atoms with E-state index in [1.807, 2.05) is 6.08 Å². The Morgan fingerprint density at radius 1 is 1.04 bits per heavy atom. The van der Waals surface area contributed by atoms with Crippen LogP contribution in [0, 0.1) is 11.8 Å². The van der Waals surface area contributed by atoms with Gasteiger partial charge in [-0.05, 0) is 44.6 Å². The summed E-state index contributed by atoms with van der Waals surface area (Å²) in [5, 5.41) is 0. The highest BCUT2D eigenvalue weighted by Gasteiger charge is 2.13. The highest BCUT2D eigenvalue weighted by Crippen LogP contribution is 2.14. The minimum Gasteiger partial charge on any atom is -0.353 e. The fraction of sp³-hybridized carbons (Fsp3) is 0.810. The van der Waals surface area contributed by atoms with E-state index in [0.717, 1.165) is 26.1 Å². The van der Waals surface area contributed by atoms with E-state index in [1.54, 1.807) is 0 Å². The van der Waals surface area contributed by atoms with Crippen molar-refractivity contribution >= 4 is 0 Å². The van der Waals surface area contributed by atoms with Crippen LogP contribution in [-0.4, -0.2) is 19.5 Å². The molecule has 1 fully saturated rings. The predicted octanol–water partition coefficient (Wildman–Crippen LogP) is 6.01. The molecule has 0 aromatic rings. The second-order valence-electron chi connectivity index (χ2n) is 6.40. The number of ether oxygens (including phenoxy) is 2. The molecule has 0 aliphatic carbocycles. The lowest BCUT2D eigenvalue weighted by molar-refractivity contribution is -0.162. The maximum Gasteiger partial charge on any atom is 0.157 e. The summed E-state index contributed by atoms with van der Waals surface area (Å²) in [6, 6.07) is 0. The number of unbranched alkanes of at least 4 members (excludes halogenated alkanes) is 8. The summed E-state index contributed by atoms with van der Waals surface area (Å²) in [5.41, 5.74) is 0. The second-order valence-corrected chi connectivity index (χ2v) is 6.40. The summed E-state index contributed by atoms with van der Waals surface area (Å²) in [5.74, 6) is 6.37. The predicted molar refractivity (Wildman–Crippen MR) is 98.3 cm³/mol. The van der Waals surface area contributed by atoms with Gasteiger partial charge in [0.15, 0.2) is 6.29 Å². The SMILES string of the molecule is CCCC/C=C/C#CCCCCCCCCOC1CCCCO1. The van der Waals surface area contributed by atoms with Gasteiger partial charge in [0.05, 0.1) is 0 Å². The fourth-order valence-corrected chi connectivity index (χ4v) is 2.68. The highest BCUT2D eigenvalue weighted by atomic mass is 16.7. The van der Waals surface area contributed by atoms with E-state index < -0.39 is 0 Å². The molecule has 1 atom stereocenters. The van der Waals surface area contributed by atoms with E-state index in [0.29, 0.717) is 0 Å². The molecule has 2 nitrogen and oxygen atoms in total. The van der Waals surface area contributed by atoms with Gasteiger partial charge >= 0.3 is 0 Å². The van der Waals surface area contributed by atoms with Crippen molar-refractivity contribution in [2.24, 2.45) is 0 Å². The van der Waals surface area contributed by atoms with Gasteiger partial charge in [0.1, 0.15) is 0 Å². The minimum absolute atomic E-state index is 0.0818. The van der Waals surface area contributed by atoms with Gasteiger partial charge in [-0.1, -0.05) is 63.4 Å². The van der Waals surface area contributed by atoms with Gasteiger partial charge in [0.25, 0.3) is 0 Å². The van der Waals surface area contributed by atoms with Gasteiger partial charge in [-0.25, -0.2) is 0 Å². The standard InChI is InChI=1S/C21H36O2/c1-2-3-4-5-6-7-8-9-10-11-12-13-14-16-19-22-21-18-15-17-20-23-21/h5-6,21H,2-4,9-20H2,1H3/b6-5+. The molecule has 1 aliphatic heterocycles. The quantitative estimate of drug-likeness (QED) is 0.324. The Morgan fingerprint density at radius 2 is 1.87 bits per heavy atom. The van der Waals surface area contributed by atoms with Crippen molar-refractivity contribution in [1.29, 1.82) is 0 Å². The molecular formula is C21H36O2. The van der Waals surface area contributed by atoms with Crippen LogP contribution in [0.2, 0.25) is 0 Å². The van der Waals surface area contributed by atoms with Crippen LogP contribution in [0.1, 0.15) is 90.4 Å². The molecule has 1 unspecified atom stereocenters. The van der Waals surface area contributed by atoms with E-state index in [9.17, 15) is 0 Å². The van der Waals surface area contributed by atoms with Gasteiger partial charge in [0.2, 0.25) is 0 Å². The van der Waals surface area contributed by atoms with Crippen LogP contribution >= 0.6 is 0 Å². The monoisotopic (exact) mass is 320 g/mol. The number of allylic oxidation sites excluding steroid dienone is 2. The molecule has 2 heteroatoms. The second kappa shape index (κ2) is 16.1. The Morgan fingerprint density at radius 3 is 2.65 bits per heavy atom. The van der Waals surface area contributed by atoms with Crippen LogP contribution in [0.15, 0.2) is 12.2 Å². The molecular weight excluding hydrogens is 284 g/mol. The zero-order valence-electron chi connectivity index (χ0n) is 15.2. The first-order chi connectivity index (χ1) is 11.4. The van der Waals surface area contributed by atoms with Gasteiger partial charge in [-0.2, -0.15) is 0 Å². The average molecular weight is 321 g/mol. The lowest BCUT2D eigenvalue weighted by atomic mass is 10.1. The Balaban J connectivity index is 1.77. The zero-order chi connectivity index (χ0) is 16.4.